The van der Waals surface area contributed by atoms with Gasteiger partial charge in [0.05, 0.1) is 5.56 Å². The number of anilines is 1. The molecule has 0 aromatic heterocycles. The number of thiocarbonyl (C=S) groups is 1. The quantitative estimate of drug-likeness (QED) is 0.676. The molecule has 2 aromatic rings. The minimum absolute atomic E-state index is 0.333. The van der Waals surface area contributed by atoms with Crippen molar-refractivity contribution in [2.24, 2.45) is 0 Å². The van der Waals surface area contributed by atoms with Gasteiger partial charge in [0.25, 0.3) is 0 Å². The fourth-order valence-corrected chi connectivity index (χ4v) is 2.58. The number of nitrogens with one attached hydrogen (secondary N) is 1. The van der Waals surface area contributed by atoms with E-state index in [9.17, 15) is 4.79 Å². The standard InChI is InChI=1S/C16H13NO2S/c1-16(15(20)17-11-7-3-2-4-8-11)13-10-6-5-9-12(13)14(18)19-16/h2-10H,1H3,(H,17,20). The number of esters is 1. The molecule has 1 N–H and O–H groups in total. The number of carbonyl (C=O) groups excluding carboxylic acids is 1. The van der Waals surface area contributed by atoms with Crippen LogP contribution in [0.1, 0.15) is 22.8 Å². The van der Waals surface area contributed by atoms with Crippen LogP contribution in [0.3, 0.4) is 0 Å². The third-order valence-corrected chi connectivity index (χ3v) is 3.91. The highest BCUT2D eigenvalue weighted by atomic mass is 32.1. The summed E-state index contributed by atoms with van der Waals surface area (Å²) in [5.41, 5.74) is 1.34. The second kappa shape index (κ2) is 4.72. The van der Waals surface area contributed by atoms with E-state index in [-0.39, 0.29) is 5.97 Å². The van der Waals surface area contributed by atoms with Crippen molar-refractivity contribution >= 4 is 28.9 Å². The predicted molar refractivity (Wildman–Crippen MR) is 81.9 cm³/mol. The number of fused-ring (bicyclic) bond motifs is 1. The lowest BCUT2D eigenvalue weighted by molar-refractivity contribution is 0.0279. The molecule has 4 heteroatoms. The van der Waals surface area contributed by atoms with E-state index in [1.54, 1.807) is 6.07 Å². The van der Waals surface area contributed by atoms with Crippen molar-refractivity contribution in [2.75, 3.05) is 5.32 Å². The van der Waals surface area contributed by atoms with E-state index in [0.717, 1.165) is 11.3 Å². The second-order valence-corrected chi connectivity index (χ2v) is 5.20. The Kier molecular flexibility index (Phi) is 3.03. The van der Waals surface area contributed by atoms with Crippen LogP contribution in [0, 0.1) is 0 Å². The largest absolute Gasteiger partial charge is 0.443 e. The van der Waals surface area contributed by atoms with Crippen LogP contribution in [-0.4, -0.2) is 11.0 Å². The molecule has 1 atom stereocenters. The van der Waals surface area contributed by atoms with E-state index in [1.807, 2.05) is 55.5 Å². The molecule has 1 heterocycles. The van der Waals surface area contributed by atoms with Crippen LogP contribution in [0.4, 0.5) is 5.69 Å². The molecule has 3 nitrogen and oxygen atoms in total. The van der Waals surface area contributed by atoms with Gasteiger partial charge in [-0.05, 0) is 25.1 Å². The third kappa shape index (κ3) is 1.98. The van der Waals surface area contributed by atoms with Gasteiger partial charge in [-0.1, -0.05) is 48.6 Å². The van der Waals surface area contributed by atoms with Crippen LogP contribution in [-0.2, 0) is 10.3 Å². The van der Waals surface area contributed by atoms with Gasteiger partial charge < -0.3 is 10.1 Å². The lowest BCUT2D eigenvalue weighted by Crippen LogP contribution is -2.36. The summed E-state index contributed by atoms with van der Waals surface area (Å²) >= 11 is 5.45. The topological polar surface area (TPSA) is 38.3 Å². The highest BCUT2D eigenvalue weighted by Crippen LogP contribution is 2.37. The number of cyclic esters (lactones) is 1. The summed E-state index contributed by atoms with van der Waals surface area (Å²) in [6, 6.07) is 16.9. The molecular formula is C16H13NO2S. The monoisotopic (exact) mass is 283 g/mol. The van der Waals surface area contributed by atoms with E-state index < -0.39 is 5.60 Å². The van der Waals surface area contributed by atoms with E-state index in [0.29, 0.717) is 10.6 Å². The molecule has 0 aliphatic carbocycles. The molecule has 0 radical (unpaired) electrons. The maximum absolute atomic E-state index is 11.9. The zero-order valence-electron chi connectivity index (χ0n) is 10.9. The van der Waals surface area contributed by atoms with E-state index in [1.165, 1.54) is 0 Å². The summed E-state index contributed by atoms with van der Waals surface area (Å²) in [5, 5.41) is 3.14. The van der Waals surface area contributed by atoms with Crippen LogP contribution in [0.15, 0.2) is 54.6 Å². The number of rotatable bonds is 2. The van der Waals surface area contributed by atoms with Crippen molar-refractivity contribution in [3.63, 3.8) is 0 Å². The van der Waals surface area contributed by atoms with Crippen LogP contribution < -0.4 is 5.32 Å². The summed E-state index contributed by atoms with van der Waals surface area (Å²) in [4.78, 5) is 12.4. The minimum atomic E-state index is -0.918. The molecule has 100 valence electrons. The van der Waals surface area contributed by atoms with Crippen LogP contribution in [0.25, 0.3) is 0 Å². The van der Waals surface area contributed by atoms with Crippen molar-refractivity contribution in [3.8, 4) is 0 Å². The van der Waals surface area contributed by atoms with Crippen molar-refractivity contribution in [1.29, 1.82) is 0 Å². The highest BCUT2D eigenvalue weighted by molar-refractivity contribution is 7.80. The summed E-state index contributed by atoms with van der Waals surface area (Å²) in [7, 11) is 0. The number of para-hydroxylation sites is 1. The number of ether oxygens (including phenoxy) is 1. The Morgan fingerprint density at radius 2 is 1.75 bits per heavy atom. The zero-order chi connectivity index (χ0) is 14.2. The van der Waals surface area contributed by atoms with Gasteiger partial charge in [-0.3, -0.25) is 0 Å². The average Bonchev–Trinajstić information content (AvgIpc) is 2.74. The maximum Gasteiger partial charge on any atom is 0.339 e. The van der Waals surface area contributed by atoms with Gasteiger partial charge in [0.1, 0.15) is 4.99 Å². The van der Waals surface area contributed by atoms with Crippen LogP contribution >= 0.6 is 12.2 Å². The zero-order valence-corrected chi connectivity index (χ0v) is 11.7. The SMILES string of the molecule is CC1(C(=S)Nc2ccccc2)OC(=O)c2ccccc21. The Hall–Kier alpha value is -2.20. The van der Waals surface area contributed by atoms with E-state index >= 15 is 0 Å². The van der Waals surface area contributed by atoms with Crippen molar-refractivity contribution < 1.29 is 9.53 Å². The summed E-state index contributed by atoms with van der Waals surface area (Å²) in [6.45, 7) is 1.81. The molecule has 20 heavy (non-hydrogen) atoms. The number of hydrogen-bond acceptors (Lipinski definition) is 3. The Morgan fingerprint density at radius 1 is 1.10 bits per heavy atom. The molecule has 2 aromatic carbocycles. The lowest BCUT2D eigenvalue weighted by atomic mass is 9.94. The fraction of sp³-hybridized carbons (Fsp3) is 0.125. The van der Waals surface area contributed by atoms with E-state index in [2.05, 4.69) is 5.32 Å². The summed E-state index contributed by atoms with van der Waals surface area (Å²) in [6.07, 6.45) is 0. The maximum atomic E-state index is 11.9. The van der Waals surface area contributed by atoms with Crippen LogP contribution in [0.5, 0.6) is 0 Å². The van der Waals surface area contributed by atoms with Gasteiger partial charge >= 0.3 is 5.97 Å². The van der Waals surface area contributed by atoms with Crippen molar-refractivity contribution in [3.05, 3.63) is 65.7 Å². The van der Waals surface area contributed by atoms with Gasteiger partial charge in [0.15, 0.2) is 5.60 Å². The number of carbonyl (C=O) groups is 1. The molecule has 0 saturated carbocycles. The summed E-state index contributed by atoms with van der Waals surface area (Å²) in [5.74, 6) is -0.333. The molecule has 3 rings (SSSR count). The lowest BCUT2D eigenvalue weighted by Gasteiger charge is -2.25. The van der Waals surface area contributed by atoms with Crippen LogP contribution in [0.2, 0.25) is 0 Å². The molecule has 0 saturated heterocycles. The van der Waals surface area contributed by atoms with E-state index in [4.69, 9.17) is 17.0 Å². The molecule has 1 unspecified atom stereocenters. The molecule has 0 spiro atoms. The Bertz CT molecular complexity index is 684. The summed E-state index contributed by atoms with van der Waals surface area (Å²) < 4.78 is 5.51. The van der Waals surface area contributed by atoms with Gasteiger partial charge in [-0.2, -0.15) is 0 Å². The first-order valence-corrected chi connectivity index (χ1v) is 6.71. The normalized spacial score (nSPS) is 20.1. The highest BCUT2D eigenvalue weighted by Gasteiger charge is 2.44. The van der Waals surface area contributed by atoms with Gasteiger partial charge in [-0.15, -0.1) is 0 Å². The number of hydrogen-bond donors (Lipinski definition) is 1. The smallest absolute Gasteiger partial charge is 0.339 e. The molecular weight excluding hydrogens is 270 g/mol. The molecule has 0 amide bonds. The Labute approximate surface area is 122 Å². The second-order valence-electron chi connectivity index (χ2n) is 4.79. The predicted octanol–water partition coefficient (Wildman–Crippen LogP) is 3.51. The first-order valence-electron chi connectivity index (χ1n) is 6.30. The Balaban J connectivity index is 1.94. The van der Waals surface area contributed by atoms with Gasteiger partial charge in [0, 0.05) is 11.3 Å². The first kappa shape index (κ1) is 12.8. The average molecular weight is 283 g/mol. The third-order valence-electron chi connectivity index (χ3n) is 3.42. The van der Waals surface area contributed by atoms with Gasteiger partial charge in [0.2, 0.25) is 0 Å². The number of benzene rings is 2. The van der Waals surface area contributed by atoms with Crippen molar-refractivity contribution in [2.45, 2.75) is 12.5 Å². The van der Waals surface area contributed by atoms with Crippen molar-refractivity contribution in [1.82, 2.24) is 0 Å². The molecule has 1 aliphatic heterocycles. The first-order chi connectivity index (χ1) is 9.61. The molecule has 1 aliphatic rings. The minimum Gasteiger partial charge on any atom is -0.443 e. The molecule has 0 bridgehead atoms. The molecule has 0 fully saturated rings. The van der Waals surface area contributed by atoms with Gasteiger partial charge in [-0.25, -0.2) is 4.79 Å². The fourth-order valence-electron chi connectivity index (χ4n) is 2.31. The Morgan fingerprint density at radius 3 is 2.50 bits per heavy atom.